The molecule has 2 amide bonds. The lowest BCUT2D eigenvalue weighted by Crippen LogP contribution is -2.41. The summed E-state index contributed by atoms with van der Waals surface area (Å²) in [5.41, 5.74) is 6.12. The molecule has 0 fully saturated rings. The van der Waals surface area contributed by atoms with Gasteiger partial charge in [-0.3, -0.25) is 20.4 Å². The summed E-state index contributed by atoms with van der Waals surface area (Å²) in [5, 5.41) is 1.80. The maximum absolute atomic E-state index is 11.9. The number of carbonyl (C=O) groups excluding carboxylic acids is 2. The molecule has 20 heavy (non-hydrogen) atoms. The number of hydrogen-bond acceptors (Lipinski definition) is 4. The molecule has 0 aliphatic heterocycles. The average Bonchev–Trinajstić information content (AvgIpc) is 2.99. The monoisotopic (exact) mass is 290 g/mol. The molecule has 1 aromatic heterocycles. The topological polar surface area (TPSA) is 67.4 Å². The Morgan fingerprint density at radius 2 is 1.95 bits per heavy atom. The highest BCUT2D eigenvalue weighted by Gasteiger charge is 2.09. The first-order valence-corrected chi connectivity index (χ1v) is 6.80. The van der Waals surface area contributed by atoms with Crippen LogP contribution in [0.2, 0.25) is 0 Å². The quantitative estimate of drug-likeness (QED) is 0.846. The van der Waals surface area contributed by atoms with Gasteiger partial charge < -0.3 is 4.74 Å². The van der Waals surface area contributed by atoms with Gasteiger partial charge >= 0.3 is 0 Å². The van der Waals surface area contributed by atoms with Crippen molar-refractivity contribution in [2.75, 3.05) is 7.11 Å². The third kappa shape index (κ3) is 3.66. The molecule has 1 aromatic carbocycles. The molecule has 6 heteroatoms. The van der Waals surface area contributed by atoms with Gasteiger partial charge in [-0.05, 0) is 29.1 Å². The molecule has 0 spiro atoms. The summed E-state index contributed by atoms with van der Waals surface area (Å²) in [6.45, 7) is 0.433. The number of hydrogen-bond donors (Lipinski definition) is 2. The lowest BCUT2D eigenvalue weighted by atomic mass is 10.1. The Morgan fingerprint density at radius 3 is 2.65 bits per heavy atom. The molecule has 0 saturated carbocycles. The lowest BCUT2D eigenvalue weighted by molar-refractivity contribution is 0.0848. The van der Waals surface area contributed by atoms with Crippen LogP contribution in [0, 0.1) is 0 Å². The summed E-state index contributed by atoms with van der Waals surface area (Å²) in [6.07, 6.45) is 0. The Balaban J connectivity index is 1.95. The zero-order valence-corrected chi connectivity index (χ0v) is 11.7. The molecule has 0 aliphatic rings. The molecule has 0 unspecified atom stereocenters. The predicted molar refractivity (Wildman–Crippen MR) is 76.4 cm³/mol. The van der Waals surface area contributed by atoms with Crippen LogP contribution in [0.25, 0.3) is 0 Å². The van der Waals surface area contributed by atoms with Crippen molar-refractivity contribution < 1.29 is 14.3 Å². The minimum Gasteiger partial charge on any atom is -0.380 e. The second kappa shape index (κ2) is 6.83. The van der Waals surface area contributed by atoms with Crippen molar-refractivity contribution in [3.8, 4) is 0 Å². The molecule has 0 radical (unpaired) electrons. The second-order valence-corrected chi connectivity index (χ2v) is 4.97. The standard InChI is InChI=1S/C14H14N2O3S/c1-19-9-10-4-2-5-11(8-10)13(17)15-16-14(18)12-6-3-7-20-12/h2-8H,9H2,1H3,(H,15,17)(H,16,18). The van der Waals surface area contributed by atoms with Gasteiger partial charge in [0.2, 0.25) is 0 Å². The molecule has 0 aliphatic carbocycles. The van der Waals surface area contributed by atoms with E-state index >= 15 is 0 Å². The van der Waals surface area contributed by atoms with Gasteiger partial charge in [0.25, 0.3) is 11.8 Å². The molecule has 2 N–H and O–H groups in total. The van der Waals surface area contributed by atoms with E-state index in [1.165, 1.54) is 11.3 Å². The van der Waals surface area contributed by atoms with Crippen LogP contribution in [0.5, 0.6) is 0 Å². The van der Waals surface area contributed by atoms with Gasteiger partial charge in [0.15, 0.2) is 0 Å². The maximum Gasteiger partial charge on any atom is 0.279 e. The number of carbonyl (C=O) groups is 2. The molecule has 2 rings (SSSR count). The van der Waals surface area contributed by atoms with Crippen molar-refractivity contribution in [1.29, 1.82) is 0 Å². The van der Waals surface area contributed by atoms with Gasteiger partial charge in [-0.25, -0.2) is 0 Å². The molecular formula is C14H14N2O3S. The van der Waals surface area contributed by atoms with Crippen LogP contribution < -0.4 is 10.9 Å². The van der Waals surface area contributed by atoms with Gasteiger partial charge in [0.1, 0.15) is 0 Å². The Labute approximate surface area is 120 Å². The molecule has 0 atom stereocenters. The number of benzene rings is 1. The third-order valence-corrected chi connectivity index (χ3v) is 3.40. The smallest absolute Gasteiger partial charge is 0.279 e. The van der Waals surface area contributed by atoms with Crippen molar-refractivity contribution in [2.45, 2.75) is 6.61 Å². The van der Waals surface area contributed by atoms with Crippen molar-refractivity contribution in [2.24, 2.45) is 0 Å². The van der Waals surface area contributed by atoms with Crippen LogP contribution in [-0.4, -0.2) is 18.9 Å². The van der Waals surface area contributed by atoms with Crippen molar-refractivity contribution in [3.63, 3.8) is 0 Å². The number of ether oxygens (including phenoxy) is 1. The predicted octanol–water partition coefficient (Wildman–Crippen LogP) is 1.97. The van der Waals surface area contributed by atoms with Crippen molar-refractivity contribution in [1.82, 2.24) is 10.9 Å². The fourth-order valence-electron chi connectivity index (χ4n) is 1.62. The highest BCUT2D eigenvalue weighted by atomic mass is 32.1. The van der Waals surface area contributed by atoms with Gasteiger partial charge in [0, 0.05) is 12.7 Å². The SMILES string of the molecule is COCc1cccc(C(=O)NNC(=O)c2cccs2)c1. The van der Waals surface area contributed by atoms with Crippen LogP contribution in [0.15, 0.2) is 41.8 Å². The van der Waals surface area contributed by atoms with E-state index < -0.39 is 0 Å². The van der Waals surface area contributed by atoms with Crippen LogP contribution >= 0.6 is 11.3 Å². The summed E-state index contributed by atoms with van der Waals surface area (Å²) >= 11 is 1.31. The highest BCUT2D eigenvalue weighted by molar-refractivity contribution is 7.12. The van der Waals surface area contributed by atoms with Crippen LogP contribution in [0.4, 0.5) is 0 Å². The number of nitrogens with one attached hydrogen (secondary N) is 2. The van der Waals surface area contributed by atoms with Gasteiger partial charge in [-0.15, -0.1) is 11.3 Å². The Hall–Kier alpha value is -2.18. The Morgan fingerprint density at radius 1 is 1.15 bits per heavy atom. The maximum atomic E-state index is 11.9. The fraction of sp³-hybridized carbons (Fsp3) is 0.143. The van der Waals surface area contributed by atoms with Crippen molar-refractivity contribution >= 4 is 23.2 Å². The summed E-state index contributed by atoms with van der Waals surface area (Å²) in [5.74, 6) is -0.700. The fourth-order valence-corrected chi connectivity index (χ4v) is 2.24. The second-order valence-electron chi connectivity index (χ2n) is 4.02. The minimum absolute atomic E-state index is 0.332. The van der Waals surface area contributed by atoms with Crippen LogP contribution in [0.1, 0.15) is 25.6 Å². The summed E-state index contributed by atoms with van der Waals surface area (Å²) in [7, 11) is 1.59. The molecule has 1 heterocycles. The van der Waals surface area contributed by atoms with E-state index in [9.17, 15) is 9.59 Å². The van der Waals surface area contributed by atoms with E-state index in [1.807, 2.05) is 6.07 Å². The van der Waals surface area contributed by atoms with E-state index in [0.717, 1.165) is 5.56 Å². The first kappa shape index (κ1) is 14.2. The number of hydrazine groups is 1. The number of amides is 2. The molecule has 5 nitrogen and oxygen atoms in total. The molecule has 0 bridgehead atoms. The van der Waals surface area contributed by atoms with Crippen LogP contribution in [-0.2, 0) is 11.3 Å². The largest absolute Gasteiger partial charge is 0.380 e. The van der Waals surface area contributed by atoms with E-state index in [-0.39, 0.29) is 11.8 Å². The van der Waals surface area contributed by atoms with Crippen LogP contribution in [0.3, 0.4) is 0 Å². The third-order valence-electron chi connectivity index (χ3n) is 2.53. The summed E-state index contributed by atoms with van der Waals surface area (Å²) in [4.78, 5) is 24.1. The number of rotatable bonds is 4. The van der Waals surface area contributed by atoms with E-state index in [0.29, 0.717) is 17.0 Å². The number of methoxy groups -OCH3 is 1. The first-order valence-electron chi connectivity index (χ1n) is 5.93. The summed E-state index contributed by atoms with van der Waals surface area (Å²) in [6, 6.07) is 10.5. The first-order chi connectivity index (χ1) is 9.70. The Bertz CT molecular complexity index is 596. The molecule has 2 aromatic rings. The molecular weight excluding hydrogens is 276 g/mol. The van der Waals surface area contributed by atoms with Gasteiger partial charge in [-0.2, -0.15) is 0 Å². The summed E-state index contributed by atoms with van der Waals surface area (Å²) < 4.78 is 5.01. The highest BCUT2D eigenvalue weighted by Crippen LogP contribution is 2.08. The van der Waals surface area contributed by atoms with E-state index in [1.54, 1.807) is 42.8 Å². The van der Waals surface area contributed by atoms with Crippen molar-refractivity contribution in [3.05, 3.63) is 57.8 Å². The minimum atomic E-state index is -0.368. The molecule has 104 valence electrons. The zero-order valence-electron chi connectivity index (χ0n) is 10.9. The zero-order chi connectivity index (χ0) is 14.4. The Kier molecular flexibility index (Phi) is 4.86. The molecule has 0 saturated heterocycles. The lowest BCUT2D eigenvalue weighted by Gasteiger charge is -2.07. The van der Waals surface area contributed by atoms with E-state index in [4.69, 9.17) is 4.74 Å². The van der Waals surface area contributed by atoms with Gasteiger partial charge in [-0.1, -0.05) is 18.2 Å². The van der Waals surface area contributed by atoms with E-state index in [2.05, 4.69) is 10.9 Å². The van der Waals surface area contributed by atoms with Gasteiger partial charge in [0.05, 0.1) is 11.5 Å². The number of thiophene rings is 1. The normalized spacial score (nSPS) is 10.1. The average molecular weight is 290 g/mol.